The van der Waals surface area contributed by atoms with Gasteiger partial charge in [-0.25, -0.2) is 18.2 Å². The van der Waals surface area contributed by atoms with Crippen LogP contribution in [0.4, 0.5) is 4.79 Å². The fourth-order valence-electron chi connectivity index (χ4n) is 9.67. The van der Waals surface area contributed by atoms with Crippen LogP contribution in [0.3, 0.4) is 0 Å². The highest BCUT2D eigenvalue weighted by atomic mass is 32.2. The Morgan fingerprint density at radius 3 is 2.38 bits per heavy atom. The van der Waals surface area contributed by atoms with Crippen LogP contribution in [0.1, 0.15) is 120 Å². The van der Waals surface area contributed by atoms with E-state index in [2.05, 4.69) is 30.6 Å². The first-order chi connectivity index (χ1) is 31.0. The number of carbonyl (C=O) groups is 6. The SMILES string of the molecule is CC[C@H]1C[C@@]1(NC(=O)[C@@H]1C[C@@H](OC(=O)N2Cc3ccc4c(c3C2)OCCCO4)CN1C(=O)[C@@H](NC(=O)[C@@H](NC(=O)c1cnccn1)C1CCCCC1)C(C)(C)C)C(=O)NS(=O)(=O)C1CC1. The van der Waals surface area contributed by atoms with Crippen molar-refractivity contribution in [3.8, 4) is 11.5 Å². The number of hydrogen-bond acceptors (Lipinski definition) is 13. The quantitative estimate of drug-likeness (QED) is 0.226. The second kappa shape index (κ2) is 18.4. The molecule has 3 aliphatic heterocycles. The molecule has 1 aromatic carbocycles. The third kappa shape index (κ3) is 9.87. The molecular formula is C45H60N8O11S. The largest absolute Gasteiger partial charge is 0.490 e. The van der Waals surface area contributed by atoms with Gasteiger partial charge in [0, 0.05) is 37.3 Å². The number of nitrogens with one attached hydrogen (secondary N) is 4. The van der Waals surface area contributed by atoms with Crippen molar-refractivity contribution in [1.29, 1.82) is 0 Å². The topological polar surface area (TPSA) is 245 Å². The summed E-state index contributed by atoms with van der Waals surface area (Å²) in [4.78, 5) is 96.1. The van der Waals surface area contributed by atoms with Crippen LogP contribution in [0.15, 0.2) is 30.7 Å². The van der Waals surface area contributed by atoms with Crippen molar-refractivity contribution < 1.29 is 51.4 Å². The fraction of sp³-hybridized carbons (Fsp3) is 0.644. The predicted octanol–water partition coefficient (Wildman–Crippen LogP) is 2.86. The number of nitrogens with zero attached hydrogens (tertiary/aromatic N) is 4. The molecule has 2 aromatic rings. The van der Waals surface area contributed by atoms with Crippen molar-refractivity contribution in [1.82, 2.24) is 40.4 Å². The summed E-state index contributed by atoms with van der Waals surface area (Å²) in [5.41, 5.74) is -0.760. The molecule has 0 radical (unpaired) electrons. The molecular weight excluding hydrogens is 861 g/mol. The zero-order chi connectivity index (χ0) is 46.3. The number of aromatic nitrogens is 2. The van der Waals surface area contributed by atoms with Crippen LogP contribution >= 0.6 is 0 Å². The minimum atomic E-state index is -3.94. The van der Waals surface area contributed by atoms with Crippen molar-refractivity contribution in [3.05, 3.63) is 47.5 Å². The molecule has 19 nitrogen and oxygen atoms in total. The lowest BCUT2D eigenvalue weighted by Gasteiger charge is -2.37. The smallest absolute Gasteiger partial charge is 0.410 e. The van der Waals surface area contributed by atoms with Gasteiger partial charge in [-0.2, -0.15) is 0 Å². The molecule has 4 heterocycles. The predicted molar refractivity (Wildman–Crippen MR) is 232 cm³/mol. The highest BCUT2D eigenvalue weighted by Gasteiger charge is 2.62. The van der Waals surface area contributed by atoms with E-state index >= 15 is 4.79 Å². The maximum absolute atomic E-state index is 15.1. The Balaban J connectivity index is 1.04. The molecule has 0 bridgehead atoms. The van der Waals surface area contributed by atoms with Crippen molar-refractivity contribution in [2.24, 2.45) is 17.3 Å². The van der Waals surface area contributed by atoms with E-state index in [1.54, 1.807) is 20.8 Å². The molecule has 352 valence electrons. The number of sulfonamides is 1. The molecule has 8 rings (SSSR count). The molecule has 4 N–H and O–H groups in total. The van der Waals surface area contributed by atoms with Gasteiger partial charge in [-0.05, 0) is 61.0 Å². The first kappa shape index (κ1) is 46.0. The maximum atomic E-state index is 15.1. The van der Waals surface area contributed by atoms with Crippen molar-refractivity contribution in [2.45, 2.75) is 146 Å². The van der Waals surface area contributed by atoms with Gasteiger partial charge < -0.3 is 35.1 Å². The maximum Gasteiger partial charge on any atom is 0.410 e. The second-order valence-corrected chi connectivity index (χ2v) is 21.3. The summed E-state index contributed by atoms with van der Waals surface area (Å²) in [6.07, 6.45) is 8.63. The lowest BCUT2D eigenvalue weighted by molar-refractivity contribution is -0.145. The van der Waals surface area contributed by atoms with Gasteiger partial charge in [0.25, 0.3) is 11.8 Å². The molecule has 3 saturated carbocycles. The first-order valence-corrected chi connectivity index (χ1v) is 24.5. The zero-order valence-corrected chi connectivity index (χ0v) is 38.2. The monoisotopic (exact) mass is 920 g/mol. The number of fused-ring (bicyclic) bond motifs is 3. The van der Waals surface area contributed by atoms with E-state index in [-0.39, 0.29) is 50.0 Å². The summed E-state index contributed by atoms with van der Waals surface area (Å²) in [5.74, 6) is -2.77. The van der Waals surface area contributed by atoms with Gasteiger partial charge in [-0.15, -0.1) is 0 Å². The fourth-order valence-corrected chi connectivity index (χ4v) is 11.0. The molecule has 6 atom stereocenters. The molecule has 20 heteroatoms. The van der Waals surface area contributed by atoms with Crippen molar-refractivity contribution in [3.63, 3.8) is 0 Å². The minimum absolute atomic E-state index is 0.0311. The summed E-state index contributed by atoms with van der Waals surface area (Å²) in [5, 5.41) is 7.97. The van der Waals surface area contributed by atoms with Gasteiger partial charge in [-0.1, -0.05) is 59.4 Å². The summed E-state index contributed by atoms with van der Waals surface area (Å²) >= 11 is 0. The van der Waals surface area contributed by atoms with Crippen LogP contribution < -0.4 is 30.1 Å². The number of amides is 6. The second-order valence-electron chi connectivity index (χ2n) is 19.4. The van der Waals surface area contributed by atoms with Crippen LogP contribution in [0, 0.1) is 17.3 Å². The van der Waals surface area contributed by atoms with Crippen LogP contribution in [0.2, 0.25) is 0 Å². The van der Waals surface area contributed by atoms with E-state index in [1.165, 1.54) is 28.4 Å². The number of benzene rings is 1. The Hall–Kier alpha value is -5.53. The first-order valence-electron chi connectivity index (χ1n) is 22.9. The molecule has 3 aliphatic carbocycles. The highest BCUT2D eigenvalue weighted by Crippen LogP contribution is 2.47. The van der Waals surface area contributed by atoms with Crippen LogP contribution in [0.25, 0.3) is 0 Å². The third-order valence-corrected chi connectivity index (χ3v) is 15.5. The van der Waals surface area contributed by atoms with E-state index < -0.39 is 86.1 Å². The Morgan fingerprint density at radius 2 is 1.71 bits per heavy atom. The molecule has 6 aliphatic rings. The average molecular weight is 921 g/mol. The summed E-state index contributed by atoms with van der Waals surface area (Å²) in [6.45, 7) is 8.31. The van der Waals surface area contributed by atoms with E-state index in [4.69, 9.17) is 14.2 Å². The number of ether oxygens (including phenoxy) is 3. The van der Waals surface area contributed by atoms with Gasteiger partial charge in [0.2, 0.25) is 27.7 Å². The van der Waals surface area contributed by atoms with E-state index in [9.17, 15) is 32.4 Å². The standard InChI is InChI=1S/C45H60N8O11S/c1-5-28-21-45(28,42(58)51-65(60,61)30-13-14-30)50-39(55)33-20-29(64-43(59)52-23-27-12-15-34-36(31(27)25-52)63-19-9-18-62-34)24-53(33)41(57)37(44(2,3)4)49-40(56)35(26-10-7-6-8-11-26)48-38(54)32-22-46-16-17-47-32/h12,15-17,22,26,28-30,33,35,37H,5-11,13-14,18-21,23-25H2,1-4H3,(H,48,54)(H,49,56)(H,50,55)(H,51,58)/t28-,29+,33-,35-,37+,45-/m0/s1. The lowest BCUT2D eigenvalue weighted by Crippen LogP contribution is -2.62. The minimum Gasteiger partial charge on any atom is -0.490 e. The number of carbonyl (C=O) groups excluding carboxylic acids is 6. The van der Waals surface area contributed by atoms with Crippen molar-refractivity contribution in [2.75, 3.05) is 19.8 Å². The van der Waals surface area contributed by atoms with Gasteiger partial charge in [-0.3, -0.25) is 38.6 Å². The van der Waals surface area contributed by atoms with Gasteiger partial charge in [0.15, 0.2) is 11.5 Å². The molecule has 0 spiro atoms. The van der Waals surface area contributed by atoms with E-state index in [0.29, 0.717) is 63.2 Å². The number of rotatable bonds is 13. The number of hydrogen-bond donors (Lipinski definition) is 4. The van der Waals surface area contributed by atoms with Crippen LogP contribution in [0.5, 0.6) is 11.5 Å². The Bertz CT molecular complexity index is 2300. The molecule has 65 heavy (non-hydrogen) atoms. The van der Waals surface area contributed by atoms with Gasteiger partial charge in [0.05, 0.1) is 37.8 Å². The highest BCUT2D eigenvalue weighted by molar-refractivity contribution is 7.91. The molecule has 4 fully saturated rings. The average Bonchev–Trinajstić information content (AvgIpc) is 4.20. The normalized spacial score (nSPS) is 25.0. The Morgan fingerprint density at radius 1 is 0.954 bits per heavy atom. The Labute approximate surface area is 378 Å². The summed E-state index contributed by atoms with van der Waals surface area (Å²) in [6, 6.07) is 0.166. The van der Waals surface area contributed by atoms with Crippen LogP contribution in [-0.2, 0) is 47.0 Å². The molecule has 1 saturated heterocycles. The van der Waals surface area contributed by atoms with Gasteiger partial charge >= 0.3 is 6.09 Å². The summed E-state index contributed by atoms with van der Waals surface area (Å²) in [7, 11) is -3.94. The van der Waals surface area contributed by atoms with Gasteiger partial charge in [0.1, 0.15) is 35.5 Å². The zero-order valence-electron chi connectivity index (χ0n) is 37.4. The van der Waals surface area contributed by atoms with E-state index in [1.807, 2.05) is 19.1 Å². The lowest BCUT2D eigenvalue weighted by atomic mass is 9.82. The molecule has 1 aromatic heterocycles. The molecule has 6 amide bonds. The summed E-state index contributed by atoms with van der Waals surface area (Å²) < 4.78 is 45.9. The molecule has 0 unspecified atom stereocenters. The van der Waals surface area contributed by atoms with E-state index in [0.717, 1.165) is 30.4 Å². The number of likely N-dealkylation sites (tertiary alicyclic amines) is 1. The Kier molecular flexibility index (Phi) is 13.0. The third-order valence-electron chi connectivity index (χ3n) is 13.6. The van der Waals surface area contributed by atoms with Crippen LogP contribution in [-0.4, -0.2) is 119 Å². The van der Waals surface area contributed by atoms with Crippen molar-refractivity contribution >= 4 is 45.7 Å².